The number of benzene rings is 1. The lowest BCUT2D eigenvalue weighted by Crippen LogP contribution is -2.45. The molecule has 1 aromatic carbocycles. The van der Waals surface area contributed by atoms with Crippen LogP contribution >= 0.6 is 0 Å². The van der Waals surface area contributed by atoms with Crippen molar-refractivity contribution >= 4 is 8.32 Å². The number of hydrogen-bond donors (Lipinski definition) is 0. The van der Waals surface area contributed by atoms with Gasteiger partial charge in [-0.2, -0.15) is 8.78 Å². The minimum absolute atomic E-state index is 0.114. The molecule has 1 aromatic rings. The van der Waals surface area contributed by atoms with Crippen molar-refractivity contribution in [3.05, 3.63) is 35.4 Å². The second-order valence-corrected chi connectivity index (χ2v) is 10.4. The van der Waals surface area contributed by atoms with Crippen LogP contribution in [0.3, 0.4) is 0 Å². The molecule has 0 bridgehead atoms. The number of hydrogen-bond acceptors (Lipinski definition) is 1. The highest BCUT2D eigenvalue weighted by atomic mass is 28.4. The fourth-order valence-electron chi connectivity index (χ4n) is 2.47. The summed E-state index contributed by atoms with van der Waals surface area (Å²) in [4.78, 5) is 0. The third-order valence-corrected chi connectivity index (χ3v) is 8.92. The maximum atomic E-state index is 14.1. The lowest BCUT2D eigenvalue weighted by atomic mass is 10.0. The molecule has 1 unspecified atom stereocenters. The molecule has 1 nitrogen and oxygen atoms in total. The maximum Gasteiger partial charge on any atom is 0.335 e. The molecule has 0 amide bonds. The summed E-state index contributed by atoms with van der Waals surface area (Å²) in [5, 5.41) is 0. The third kappa shape index (κ3) is 4.10. The second-order valence-electron chi connectivity index (χ2n) is 5.63. The minimum atomic E-state index is -4.20. The van der Waals surface area contributed by atoms with Gasteiger partial charge >= 0.3 is 12.3 Å². The highest BCUT2D eigenvalue weighted by molar-refractivity contribution is 6.73. The zero-order valence-corrected chi connectivity index (χ0v) is 14.5. The Bertz CT molecular complexity index is 449. The maximum absolute atomic E-state index is 14.1. The summed E-state index contributed by atoms with van der Waals surface area (Å²) >= 11 is 0. The predicted molar refractivity (Wildman–Crippen MR) is 83.2 cm³/mol. The van der Waals surface area contributed by atoms with E-state index in [1.54, 1.807) is 12.1 Å². The Morgan fingerprint density at radius 3 is 1.82 bits per heavy atom. The average Bonchev–Trinajstić information content (AvgIpc) is 2.50. The first kappa shape index (κ1) is 19.2. The van der Waals surface area contributed by atoms with Gasteiger partial charge in [-0.15, -0.1) is 0 Å². The van der Waals surface area contributed by atoms with Crippen molar-refractivity contribution in [3.63, 3.8) is 0 Å². The van der Waals surface area contributed by atoms with Gasteiger partial charge in [-0.25, -0.2) is 8.78 Å². The summed E-state index contributed by atoms with van der Waals surface area (Å²) in [5.41, 5.74) is 0.996. The summed E-state index contributed by atoms with van der Waals surface area (Å²) in [6.45, 7) is 7.46. The Hall–Kier alpha value is -0.883. The van der Waals surface area contributed by atoms with Crippen LogP contribution in [-0.2, 0) is 4.43 Å². The first-order valence-electron chi connectivity index (χ1n) is 7.62. The highest BCUT2D eigenvalue weighted by Gasteiger charge is 2.52. The zero-order valence-electron chi connectivity index (χ0n) is 13.5. The number of alkyl halides is 4. The van der Waals surface area contributed by atoms with Crippen LogP contribution in [0.25, 0.3) is 0 Å². The van der Waals surface area contributed by atoms with Gasteiger partial charge in [0, 0.05) is 0 Å². The number of halogens is 4. The molecular weight excluding hydrogens is 312 g/mol. The van der Waals surface area contributed by atoms with Crippen molar-refractivity contribution in [2.75, 3.05) is 0 Å². The topological polar surface area (TPSA) is 9.23 Å². The SMILES string of the molecule is CC[Si](CC)(CC)OC(c1ccc(C)cc1)C(F)(F)C(F)F. The quantitative estimate of drug-likeness (QED) is 0.420. The smallest absolute Gasteiger partial charge is 0.335 e. The molecule has 1 rings (SSSR count). The second kappa shape index (κ2) is 7.59. The fourth-order valence-corrected chi connectivity index (χ4v) is 5.27. The molecule has 0 radical (unpaired) electrons. The van der Waals surface area contributed by atoms with E-state index in [0.717, 1.165) is 5.56 Å². The zero-order chi connectivity index (χ0) is 17.0. The first-order valence-corrected chi connectivity index (χ1v) is 10.2. The van der Waals surface area contributed by atoms with Gasteiger partial charge in [-0.05, 0) is 30.6 Å². The average molecular weight is 336 g/mol. The normalized spacial score (nSPS) is 14.4. The van der Waals surface area contributed by atoms with Crippen LogP contribution in [0.2, 0.25) is 18.1 Å². The Kier molecular flexibility index (Phi) is 6.61. The molecule has 6 heteroatoms. The molecule has 0 heterocycles. The van der Waals surface area contributed by atoms with Crippen LogP contribution in [0.5, 0.6) is 0 Å². The monoisotopic (exact) mass is 336 g/mol. The molecule has 0 aliphatic heterocycles. The highest BCUT2D eigenvalue weighted by Crippen LogP contribution is 2.42. The number of rotatable bonds is 8. The molecule has 0 aliphatic rings. The van der Waals surface area contributed by atoms with Gasteiger partial charge in [0.05, 0.1) is 0 Å². The summed E-state index contributed by atoms with van der Waals surface area (Å²) < 4.78 is 59.7. The summed E-state index contributed by atoms with van der Waals surface area (Å²) in [6, 6.07) is 8.07. The van der Waals surface area contributed by atoms with Crippen molar-refractivity contribution in [2.24, 2.45) is 0 Å². The molecule has 0 spiro atoms. The summed E-state index contributed by atoms with van der Waals surface area (Å²) in [7, 11) is -2.45. The predicted octanol–water partition coefficient (Wildman–Crippen LogP) is 5.96. The van der Waals surface area contributed by atoms with E-state index in [4.69, 9.17) is 4.43 Å². The van der Waals surface area contributed by atoms with Crippen molar-refractivity contribution in [2.45, 2.75) is 64.3 Å². The third-order valence-electron chi connectivity index (χ3n) is 4.32. The summed E-state index contributed by atoms with van der Waals surface area (Å²) in [5.74, 6) is -4.20. The van der Waals surface area contributed by atoms with Crippen molar-refractivity contribution in [3.8, 4) is 0 Å². The lowest BCUT2D eigenvalue weighted by Gasteiger charge is -2.36. The van der Waals surface area contributed by atoms with Crippen LogP contribution in [-0.4, -0.2) is 20.7 Å². The van der Waals surface area contributed by atoms with Gasteiger partial charge in [0.25, 0.3) is 0 Å². The minimum Gasteiger partial charge on any atom is -0.404 e. The van der Waals surface area contributed by atoms with E-state index >= 15 is 0 Å². The van der Waals surface area contributed by atoms with Crippen molar-refractivity contribution < 1.29 is 22.0 Å². The van der Waals surface area contributed by atoms with Crippen LogP contribution in [0, 0.1) is 6.92 Å². The molecular formula is C16H24F4OSi. The van der Waals surface area contributed by atoms with Crippen LogP contribution in [0.15, 0.2) is 24.3 Å². The van der Waals surface area contributed by atoms with Crippen LogP contribution in [0.1, 0.15) is 38.0 Å². The van der Waals surface area contributed by atoms with E-state index in [0.29, 0.717) is 18.1 Å². The Balaban J connectivity index is 3.25. The van der Waals surface area contributed by atoms with E-state index in [1.165, 1.54) is 12.1 Å². The number of aryl methyl sites for hydroxylation is 1. The van der Waals surface area contributed by atoms with Crippen molar-refractivity contribution in [1.82, 2.24) is 0 Å². The van der Waals surface area contributed by atoms with Gasteiger partial charge < -0.3 is 4.43 Å². The molecule has 0 fully saturated rings. The van der Waals surface area contributed by atoms with E-state index in [-0.39, 0.29) is 5.56 Å². The van der Waals surface area contributed by atoms with E-state index in [1.807, 2.05) is 27.7 Å². The fraction of sp³-hybridized carbons (Fsp3) is 0.625. The van der Waals surface area contributed by atoms with Crippen molar-refractivity contribution in [1.29, 1.82) is 0 Å². The molecule has 0 saturated carbocycles. The molecule has 1 atom stereocenters. The molecule has 0 aliphatic carbocycles. The first-order chi connectivity index (χ1) is 10.2. The van der Waals surface area contributed by atoms with Crippen LogP contribution < -0.4 is 0 Å². The van der Waals surface area contributed by atoms with Gasteiger partial charge in [0.15, 0.2) is 8.32 Å². The van der Waals surface area contributed by atoms with E-state index in [9.17, 15) is 17.6 Å². The molecule has 0 N–H and O–H groups in total. The summed E-state index contributed by atoms with van der Waals surface area (Å²) in [6.07, 6.45) is -5.64. The molecule has 0 saturated heterocycles. The lowest BCUT2D eigenvalue weighted by molar-refractivity contribution is -0.189. The van der Waals surface area contributed by atoms with Gasteiger partial charge in [-0.3, -0.25) is 0 Å². The molecule has 126 valence electrons. The standard InChI is InChI=1S/C16H24F4OSi/c1-5-22(6-2,7-3)21-14(16(19,20)15(17)18)13-10-8-12(4)9-11-13/h8-11,14-15H,5-7H2,1-4H3. The van der Waals surface area contributed by atoms with Gasteiger partial charge in [-0.1, -0.05) is 50.6 Å². The molecule has 0 aromatic heterocycles. The van der Waals surface area contributed by atoms with Gasteiger partial charge in [0.2, 0.25) is 0 Å². The Labute approximate surface area is 130 Å². The Morgan fingerprint density at radius 2 is 1.45 bits per heavy atom. The van der Waals surface area contributed by atoms with E-state index < -0.39 is 26.8 Å². The largest absolute Gasteiger partial charge is 0.404 e. The van der Waals surface area contributed by atoms with E-state index in [2.05, 4.69) is 0 Å². The Morgan fingerprint density at radius 1 is 1.00 bits per heavy atom. The molecule has 22 heavy (non-hydrogen) atoms. The van der Waals surface area contributed by atoms with Crippen LogP contribution in [0.4, 0.5) is 17.6 Å². The van der Waals surface area contributed by atoms with Gasteiger partial charge in [0.1, 0.15) is 6.10 Å².